The van der Waals surface area contributed by atoms with Crippen molar-refractivity contribution in [1.29, 1.82) is 0 Å². The van der Waals surface area contributed by atoms with Crippen LogP contribution in [0.4, 0.5) is 24.5 Å². The number of amides is 2. The molecule has 118 valence electrons. The first-order valence-corrected chi connectivity index (χ1v) is 6.80. The molecule has 1 heterocycles. The van der Waals surface area contributed by atoms with Gasteiger partial charge in [0.25, 0.3) is 5.91 Å². The van der Waals surface area contributed by atoms with Gasteiger partial charge in [-0.1, -0.05) is 12.1 Å². The summed E-state index contributed by atoms with van der Waals surface area (Å²) >= 11 is 0. The zero-order valence-corrected chi connectivity index (χ0v) is 11.7. The zero-order valence-electron chi connectivity index (χ0n) is 11.7. The SMILES string of the molecule is O=C1C[C@@H](Nc2ccc(F)c(F)c2)C(=O)N1c1ccccc1F. The molecule has 0 unspecified atom stereocenters. The molecule has 2 aromatic carbocycles. The molecular formula is C16H11F3N2O2. The molecule has 1 aliphatic heterocycles. The number of benzene rings is 2. The van der Waals surface area contributed by atoms with Crippen molar-refractivity contribution in [2.75, 3.05) is 10.2 Å². The van der Waals surface area contributed by atoms with Crippen LogP contribution >= 0.6 is 0 Å². The van der Waals surface area contributed by atoms with Gasteiger partial charge in [-0.15, -0.1) is 0 Å². The predicted octanol–water partition coefficient (Wildman–Crippen LogP) is 2.85. The Morgan fingerprint density at radius 1 is 0.957 bits per heavy atom. The van der Waals surface area contributed by atoms with E-state index in [2.05, 4.69) is 5.32 Å². The number of para-hydroxylation sites is 1. The van der Waals surface area contributed by atoms with Gasteiger partial charge in [0.1, 0.15) is 11.9 Å². The third-order valence-electron chi connectivity index (χ3n) is 3.50. The monoisotopic (exact) mass is 320 g/mol. The quantitative estimate of drug-likeness (QED) is 0.885. The number of nitrogens with one attached hydrogen (secondary N) is 1. The Morgan fingerprint density at radius 3 is 2.39 bits per heavy atom. The normalized spacial score (nSPS) is 17.7. The fourth-order valence-corrected chi connectivity index (χ4v) is 2.42. The van der Waals surface area contributed by atoms with E-state index in [-0.39, 0.29) is 17.8 Å². The number of anilines is 2. The molecule has 2 aromatic rings. The van der Waals surface area contributed by atoms with Gasteiger partial charge in [0, 0.05) is 11.8 Å². The van der Waals surface area contributed by atoms with Crippen molar-refractivity contribution in [2.24, 2.45) is 0 Å². The van der Waals surface area contributed by atoms with E-state index in [1.165, 1.54) is 24.3 Å². The van der Waals surface area contributed by atoms with Crippen molar-refractivity contribution in [3.05, 3.63) is 59.9 Å². The molecule has 0 radical (unpaired) electrons. The second-order valence-corrected chi connectivity index (χ2v) is 5.05. The van der Waals surface area contributed by atoms with E-state index in [0.29, 0.717) is 0 Å². The molecule has 2 amide bonds. The van der Waals surface area contributed by atoms with Gasteiger partial charge >= 0.3 is 0 Å². The third kappa shape index (κ3) is 2.77. The smallest absolute Gasteiger partial charge is 0.256 e. The minimum absolute atomic E-state index is 0.128. The highest BCUT2D eigenvalue weighted by Crippen LogP contribution is 2.27. The van der Waals surface area contributed by atoms with Crippen molar-refractivity contribution >= 4 is 23.2 Å². The Morgan fingerprint density at radius 2 is 1.70 bits per heavy atom. The van der Waals surface area contributed by atoms with Crippen molar-refractivity contribution < 1.29 is 22.8 Å². The van der Waals surface area contributed by atoms with Crippen LogP contribution in [0.2, 0.25) is 0 Å². The third-order valence-corrected chi connectivity index (χ3v) is 3.50. The number of imide groups is 1. The van der Waals surface area contributed by atoms with Crippen LogP contribution in [0.3, 0.4) is 0 Å². The van der Waals surface area contributed by atoms with E-state index in [1.54, 1.807) is 0 Å². The van der Waals surface area contributed by atoms with E-state index in [1.807, 2.05) is 0 Å². The Kier molecular flexibility index (Phi) is 3.77. The predicted molar refractivity (Wildman–Crippen MR) is 77.3 cm³/mol. The highest BCUT2D eigenvalue weighted by Gasteiger charge is 2.40. The Hall–Kier alpha value is -2.83. The van der Waals surface area contributed by atoms with Crippen LogP contribution in [0.15, 0.2) is 42.5 Å². The molecule has 0 saturated carbocycles. The summed E-state index contributed by atoms with van der Waals surface area (Å²) in [6.07, 6.45) is -0.202. The average Bonchev–Trinajstić information content (AvgIpc) is 2.78. The summed E-state index contributed by atoms with van der Waals surface area (Å²) < 4.78 is 39.9. The van der Waals surface area contributed by atoms with Crippen LogP contribution in [0.5, 0.6) is 0 Å². The van der Waals surface area contributed by atoms with Gasteiger partial charge in [0.2, 0.25) is 5.91 Å². The molecule has 7 heteroatoms. The molecule has 3 rings (SSSR count). The largest absolute Gasteiger partial charge is 0.373 e. The van der Waals surface area contributed by atoms with Gasteiger partial charge in [-0.05, 0) is 24.3 Å². The Bertz CT molecular complexity index is 795. The molecular weight excluding hydrogens is 309 g/mol. The lowest BCUT2D eigenvalue weighted by Crippen LogP contribution is -2.35. The molecule has 23 heavy (non-hydrogen) atoms. The van der Waals surface area contributed by atoms with E-state index >= 15 is 0 Å². The molecule has 1 fully saturated rings. The fraction of sp³-hybridized carbons (Fsp3) is 0.125. The molecule has 0 bridgehead atoms. The number of carbonyl (C=O) groups excluding carboxylic acids is 2. The molecule has 0 aromatic heterocycles. The molecule has 1 N–H and O–H groups in total. The second-order valence-electron chi connectivity index (χ2n) is 5.05. The number of nitrogens with zero attached hydrogens (tertiary/aromatic N) is 1. The first kappa shape index (κ1) is 15.1. The van der Waals surface area contributed by atoms with Crippen LogP contribution in [0.25, 0.3) is 0 Å². The van der Waals surface area contributed by atoms with Gasteiger partial charge in [0.05, 0.1) is 12.1 Å². The minimum Gasteiger partial charge on any atom is -0.373 e. The summed E-state index contributed by atoms with van der Waals surface area (Å²) in [5.41, 5.74) is 0.0301. The van der Waals surface area contributed by atoms with E-state index in [9.17, 15) is 22.8 Å². The lowest BCUT2D eigenvalue weighted by Gasteiger charge is -2.16. The number of carbonyl (C=O) groups is 2. The van der Waals surface area contributed by atoms with Gasteiger partial charge in [-0.2, -0.15) is 0 Å². The standard InChI is InChI=1S/C16H11F3N2O2/c17-10-6-5-9(7-12(10)19)20-13-8-15(22)21(16(13)23)14-4-2-1-3-11(14)18/h1-7,13,20H,8H2/t13-/m1/s1. The molecule has 0 aliphatic carbocycles. The number of halogens is 3. The van der Waals surface area contributed by atoms with Crippen LogP contribution < -0.4 is 10.2 Å². The molecule has 1 aliphatic rings. The minimum atomic E-state index is -1.07. The topological polar surface area (TPSA) is 49.4 Å². The van der Waals surface area contributed by atoms with E-state index in [4.69, 9.17) is 0 Å². The molecule has 4 nitrogen and oxygen atoms in total. The van der Waals surface area contributed by atoms with Crippen LogP contribution in [-0.2, 0) is 9.59 Å². The summed E-state index contributed by atoms with van der Waals surface area (Å²) in [7, 11) is 0. The second kappa shape index (κ2) is 5.75. The van der Waals surface area contributed by atoms with Gasteiger partial charge in [0.15, 0.2) is 11.6 Å². The number of hydrogen-bond acceptors (Lipinski definition) is 3. The summed E-state index contributed by atoms with van der Waals surface area (Å²) in [5, 5.41) is 2.67. The summed E-state index contributed by atoms with van der Waals surface area (Å²) in [6.45, 7) is 0. The van der Waals surface area contributed by atoms with Crippen LogP contribution in [-0.4, -0.2) is 17.9 Å². The zero-order chi connectivity index (χ0) is 16.6. The Labute approximate surface area is 129 Å². The summed E-state index contributed by atoms with van der Waals surface area (Å²) in [6, 6.07) is 7.51. The van der Waals surface area contributed by atoms with E-state index in [0.717, 1.165) is 23.1 Å². The number of rotatable bonds is 3. The molecule has 1 saturated heterocycles. The highest BCUT2D eigenvalue weighted by molar-refractivity contribution is 6.23. The lowest BCUT2D eigenvalue weighted by molar-refractivity contribution is -0.121. The van der Waals surface area contributed by atoms with Crippen molar-refractivity contribution in [3.8, 4) is 0 Å². The van der Waals surface area contributed by atoms with Crippen molar-refractivity contribution in [3.63, 3.8) is 0 Å². The highest BCUT2D eigenvalue weighted by atomic mass is 19.2. The van der Waals surface area contributed by atoms with Crippen LogP contribution in [0, 0.1) is 17.5 Å². The fourth-order valence-electron chi connectivity index (χ4n) is 2.42. The summed E-state index contributed by atoms with van der Waals surface area (Å²) in [4.78, 5) is 25.1. The maximum Gasteiger partial charge on any atom is 0.256 e. The number of hydrogen-bond donors (Lipinski definition) is 1. The Balaban J connectivity index is 1.84. The van der Waals surface area contributed by atoms with Gasteiger partial charge in [-0.25, -0.2) is 18.1 Å². The average molecular weight is 320 g/mol. The molecule has 0 spiro atoms. The van der Waals surface area contributed by atoms with Gasteiger partial charge < -0.3 is 5.32 Å². The molecule has 1 atom stereocenters. The maximum absolute atomic E-state index is 13.8. The lowest BCUT2D eigenvalue weighted by atomic mass is 10.2. The van der Waals surface area contributed by atoms with Crippen molar-refractivity contribution in [1.82, 2.24) is 0 Å². The maximum atomic E-state index is 13.8. The first-order chi connectivity index (χ1) is 11.0. The van der Waals surface area contributed by atoms with E-state index < -0.39 is 35.3 Å². The van der Waals surface area contributed by atoms with Crippen molar-refractivity contribution in [2.45, 2.75) is 12.5 Å². The first-order valence-electron chi connectivity index (χ1n) is 6.80. The van der Waals surface area contributed by atoms with Crippen LogP contribution in [0.1, 0.15) is 6.42 Å². The summed E-state index contributed by atoms with van der Waals surface area (Å²) in [5.74, 6) is -4.00. The van der Waals surface area contributed by atoms with Gasteiger partial charge in [-0.3, -0.25) is 9.59 Å².